The van der Waals surface area contributed by atoms with E-state index >= 15 is 0 Å². The molecule has 0 N–H and O–H groups in total. The average Bonchev–Trinajstić information content (AvgIpc) is 3.07. The minimum Gasteiger partial charge on any atom is -0.497 e. The minimum atomic E-state index is -0.412. The van der Waals surface area contributed by atoms with Crippen LogP contribution in [0.4, 0.5) is 0 Å². The molecule has 0 aliphatic carbocycles. The highest BCUT2D eigenvalue weighted by atomic mass is 16.6. The Kier molecular flexibility index (Phi) is 5.10. The third-order valence-electron chi connectivity index (χ3n) is 3.80. The van der Waals surface area contributed by atoms with Crippen LogP contribution in [0.1, 0.15) is 12.8 Å². The Bertz CT molecular complexity index is 676. The van der Waals surface area contributed by atoms with Crippen LogP contribution in [0.5, 0.6) is 11.5 Å². The van der Waals surface area contributed by atoms with Gasteiger partial charge < -0.3 is 18.9 Å². The van der Waals surface area contributed by atoms with E-state index in [0.29, 0.717) is 12.4 Å². The Balaban J connectivity index is 1.55. The van der Waals surface area contributed by atoms with Gasteiger partial charge in [-0.05, 0) is 47.9 Å². The highest BCUT2D eigenvalue weighted by Gasteiger charge is 2.16. The molecule has 5 heteroatoms. The molecule has 1 atom stereocenters. The number of benzene rings is 2. The second kappa shape index (κ2) is 7.44. The number of methoxy groups -OCH3 is 1. The standard InChI is InChI=1S/C18H20O5/c1-20-15-6-4-13-5-7-16(10-14(13)9-15)23-18(19)12-21-11-17-3-2-8-22-17/h4-7,9-10,17H,2-3,8,11-12H2,1H3. The molecule has 1 aliphatic heterocycles. The number of hydrogen-bond donors (Lipinski definition) is 0. The van der Waals surface area contributed by atoms with Crippen molar-refractivity contribution in [1.82, 2.24) is 0 Å². The summed E-state index contributed by atoms with van der Waals surface area (Å²) >= 11 is 0. The predicted molar refractivity (Wildman–Crippen MR) is 85.9 cm³/mol. The first kappa shape index (κ1) is 15.8. The van der Waals surface area contributed by atoms with Crippen molar-refractivity contribution in [2.24, 2.45) is 0 Å². The summed E-state index contributed by atoms with van der Waals surface area (Å²) < 4.78 is 21.3. The molecule has 0 amide bonds. The van der Waals surface area contributed by atoms with Crippen molar-refractivity contribution in [3.63, 3.8) is 0 Å². The van der Waals surface area contributed by atoms with Gasteiger partial charge in [-0.1, -0.05) is 12.1 Å². The van der Waals surface area contributed by atoms with Gasteiger partial charge in [-0.3, -0.25) is 0 Å². The molecule has 0 radical (unpaired) electrons. The molecule has 1 unspecified atom stereocenters. The van der Waals surface area contributed by atoms with Gasteiger partial charge in [-0.15, -0.1) is 0 Å². The van der Waals surface area contributed by atoms with Gasteiger partial charge in [-0.25, -0.2) is 4.79 Å². The number of carbonyl (C=O) groups is 1. The molecule has 2 aromatic rings. The molecule has 0 bridgehead atoms. The molecule has 0 aromatic heterocycles. The number of ether oxygens (including phenoxy) is 4. The lowest BCUT2D eigenvalue weighted by Crippen LogP contribution is -2.21. The van der Waals surface area contributed by atoms with Crippen molar-refractivity contribution >= 4 is 16.7 Å². The zero-order valence-electron chi connectivity index (χ0n) is 13.1. The van der Waals surface area contributed by atoms with Crippen LogP contribution in [-0.4, -0.2) is 39.0 Å². The smallest absolute Gasteiger partial charge is 0.337 e. The van der Waals surface area contributed by atoms with Crippen LogP contribution in [-0.2, 0) is 14.3 Å². The lowest BCUT2D eigenvalue weighted by molar-refractivity contribution is -0.140. The molecule has 3 rings (SSSR count). The zero-order valence-corrected chi connectivity index (χ0v) is 13.1. The second-order valence-electron chi connectivity index (χ2n) is 5.50. The molecule has 1 aliphatic rings. The second-order valence-corrected chi connectivity index (χ2v) is 5.50. The maximum absolute atomic E-state index is 11.8. The molecule has 5 nitrogen and oxygen atoms in total. The van der Waals surface area contributed by atoms with E-state index in [-0.39, 0.29) is 12.7 Å². The van der Waals surface area contributed by atoms with Gasteiger partial charge in [0.1, 0.15) is 18.1 Å². The number of rotatable bonds is 6. The Hall–Kier alpha value is -2.11. The zero-order chi connectivity index (χ0) is 16.1. The van der Waals surface area contributed by atoms with E-state index in [1.807, 2.05) is 30.3 Å². The Morgan fingerprint density at radius 2 is 1.96 bits per heavy atom. The van der Waals surface area contributed by atoms with Crippen molar-refractivity contribution in [3.05, 3.63) is 36.4 Å². The quantitative estimate of drug-likeness (QED) is 0.606. The highest BCUT2D eigenvalue weighted by molar-refractivity contribution is 5.86. The number of carbonyl (C=O) groups excluding carboxylic acids is 1. The molecule has 1 saturated heterocycles. The van der Waals surface area contributed by atoms with Gasteiger partial charge in [0.15, 0.2) is 0 Å². The highest BCUT2D eigenvalue weighted by Crippen LogP contribution is 2.25. The summed E-state index contributed by atoms with van der Waals surface area (Å²) in [5.41, 5.74) is 0. The maximum Gasteiger partial charge on any atom is 0.337 e. The van der Waals surface area contributed by atoms with Gasteiger partial charge in [0.2, 0.25) is 0 Å². The fraction of sp³-hybridized carbons (Fsp3) is 0.389. The first-order chi connectivity index (χ1) is 11.2. The van der Waals surface area contributed by atoms with E-state index in [1.165, 1.54) is 0 Å². The molecule has 23 heavy (non-hydrogen) atoms. The number of fused-ring (bicyclic) bond motifs is 1. The summed E-state index contributed by atoms with van der Waals surface area (Å²) in [7, 11) is 1.62. The lowest BCUT2D eigenvalue weighted by atomic mass is 10.1. The molecule has 0 saturated carbocycles. The molecule has 122 valence electrons. The summed E-state index contributed by atoms with van der Waals surface area (Å²) in [6, 6.07) is 11.3. The first-order valence-electron chi connectivity index (χ1n) is 7.72. The maximum atomic E-state index is 11.8. The van der Waals surface area contributed by atoms with Crippen LogP contribution in [0.25, 0.3) is 10.8 Å². The normalized spacial score (nSPS) is 17.3. The fourth-order valence-corrected chi connectivity index (χ4v) is 2.60. The topological polar surface area (TPSA) is 54.0 Å². The van der Waals surface area contributed by atoms with E-state index in [4.69, 9.17) is 18.9 Å². The van der Waals surface area contributed by atoms with E-state index in [1.54, 1.807) is 13.2 Å². The predicted octanol–water partition coefficient (Wildman–Crippen LogP) is 2.95. The van der Waals surface area contributed by atoms with Gasteiger partial charge in [0.25, 0.3) is 0 Å². The summed E-state index contributed by atoms with van der Waals surface area (Å²) in [4.78, 5) is 11.8. The van der Waals surface area contributed by atoms with Crippen molar-refractivity contribution < 1.29 is 23.7 Å². The van der Waals surface area contributed by atoms with Gasteiger partial charge >= 0.3 is 5.97 Å². The van der Waals surface area contributed by atoms with E-state index in [2.05, 4.69) is 0 Å². The summed E-state index contributed by atoms with van der Waals surface area (Å²) in [5, 5.41) is 2.01. The molecular formula is C18H20O5. The first-order valence-corrected chi connectivity index (χ1v) is 7.72. The molecule has 2 aromatic carbocycles. The van der Waals surface area contributed by atoms with E-state index in [0.717, 1.165) is 36.0 Å². The van der Waals surface area contributed by atoms with Crippen molar-refractivity contribution in [2.45, 2.75) is 18.9 Å². The Morgan fingerprint density at radius 3 is 2.70 bits per heavy atom. The SMILES string of the molecule is COc1ccc2ccc(OC(=O)COCC3CCCO3)cc2c1. The monoisotopic (exact) mass is 316 g/mol. The largest absolute Gasteiger partial charge is 0.497 e. The molecular weight excluding hydrogens is 296 g/mol. The van der Waals surface area contributed by atoms with Crippen LogP contribution in [0.2, 0.25) is 0 Å². The molecule has 0 spiro atoms. The lowest BCUT2D eigenvalue weighted by Gasteiger charge is -2.10. The Morgan fingerprint density at radius 1 is 1.17 bits per heavy atom. The fourth-order valence-electron chi connectivity index (χ4n) is 2.60. The van der Waals surface area contributed by atoms with Crippen LogP contribution in [0.15, 0.2) is 36.4 Å². The van der Waals surface area contributed by atoms with E-state index < -0.39 is 5.97 Å². The number of esters is 1. The summed E-state index contributed by atoms with van der Waals surface area (Å²) in [6.07, 6.45) is 2.15. The summed E-state index contributed by atoms with van der Waals surface area (Å²) in [6.45, 7) is 1.14. The summed E-state index contributed by atoms with van der Waals surface area (Å²) in [5.74, 6) is 0.850. The van der Waals surface area contributed by atoms with Crippen LogP contribution >= 0.6 is 0 Å². The molecule has 1 heterocycles. The van der Waals surface area contributed by atoms with Crippen molar-refractivity contribution in [1.29, 1.82) is 0 Å². The van der Waals surface area contributed by atoms with Gasteiger partial charge in [0.05, 0.1) is 19.8 Å². The molecule has 1 fully saturated rings. The number of hydrogen-bond acceptors (Lipinski definition) is 5. The average molecular weight is 316 g/mol. The van der Waals surface area contributed by atoms with Gasteiger partial charge in [-0.2, -0.15) is 0 Å². The third kappa shape index (κ3) is 4.21. The minimum absolute atomic E-state index is 0.0734. The van der Waals surface area contributed by atoms with Crippen molar-refractivity contribution in [3.8, 4) is 11.5 Å². The van der Waals surface area contributed by atoms with Crippen LogP contribution in [0.3, 0.4) is 0 Å². The third-order valence-corrected chi connectivity index (χ3v) is 3.80. The van der Waals surface area contributed by atoms with Crippen LogP contribution < -0.4 is 9.47 Å². The van der Waals surface area contributed by atoms with Crippen molar-refractivity contribution in [2.75, 3.05) is 26.9 Å². The van der Waals surface area contributed by atoms with E-state index in [9.17, 15) is 4.79 Å². The Labute approximate surface area is 135 Å². The van der Waals surface area contributed by atoms with Gasteiger partial charge in [0, 0.05) is 6.61 Å². The van der Waals surface area contributed by atoms with Crippen LogP contribution in [0, 0.1) is 0 Å².